The van der Waals surface area contributed by atoms with E-state index in [0.717, 1.165) is 27.9 Å². The minimum absolute atomic E-state index is 0.200. The number of aryl methyl sites for hydroxylation is 2. The molecule has 134 valence electrons. The fourth-order valence-electron chi connectivity index (χ4n) is 3.20. The molecule has 1 unspecified atom stereocenters. The van der Waals surface area contributed by atoms with Gasteiger partial charge in [-0.3, -0.25) is 9.97 Å². The molecule has 27 heavy (non-hydrogen) atoms. The summed E-state index contributed by atoms with van der Waals surface area (Å²) >= 11 is 0. The molecule has 0 spiro atoms. The van der Waals surface area contributed by atoms with Gasteiger partial charge in [-0.2, -0.15) is 0 Å². The highest BCUT2D eigenvalue weighted by Crippen LogP contribution is 2.36. The van der Waals surface area contributed by atoms with Gasteiger partial charge in [0.15, 0.2) is 0 Å². The number of benzene rings is 2. The fraction of sp³-hybridized carbons (Fsp3) is 0.130. The number of hydrogen-bond acceptors (Lipinski definition) is 4. The Kier molecular flexibility index (Phi) is 4.47. The molecule has 2 N–H and O–H groups in total. The number of aromatic nitrogens is 2. The van der Waals surface area contributed by atoms with Crippen LogP contribution in [0.2, 0.25) is 0 Å². The van der Waals surface area contributed by atoms with Crippen LogP contribution in [-0.2, 0) is 0 Å². The van der Waals surface area contributed by atoms with Crippen LogP contribution in [0.4, 0.5) is 5.69 Å². The molecule has 0 saturated heterocycles. The molecule has 0 fully saturated rings. The van der Waals surface area contributed by atoms with Crippen molar-refractivity contribution in [1.29, 1.82) is 0 Å². The van der Waals surface area contributed by atoms with E-state index in [1.54, 1.807) is 6.20 Å². The summed E-state index contributed by atoms with van der Waals surface area (Å²) in [7, 11) is 0. The zero-order valence-corrected chi connectivity index (χ0v) is 15.3. The lowest BCUT2D eigenvalue weighted by atomic mass is 9.95. The average molecular weight is 355 g/mol. The van der Waals surface area contributed by atoms with Gasteiger partial charge in [-0.25, -0.2) is 0 Å². The van der Waals surface area contributed by atoms with Crippen LogP contribution in [0.15, 0.2) is 73.1 Å². The largest absolute Gasteiger partial charge is 0.505 e. The molecule has 0 aliphatic heterocycles. The highest BCUT2D eigenvalue weighted by molar-refractivity contribution is 5.86. The van der Waals surface area contributed by atoms with Crippen LogP contribution in [0.1, 0.15) is 28.4 Å². The Bertz CT molecular complexity index is 1070. The van der Waals surface area contributed by atoms with E-state index in [4.69, 9.17) is 0 Å². The Morgan fingerprint density at radius 1 is 0.889 bits per heavy atom. The number of rotatable bonds is 4. The van der Waals surface area contributed by atoms with Crippen molar-refractivity contribution in [1.82, 2.24) is 9.97 Å². The number of fused-ring (bicyclic) bond motifs is 1. The van der Waals surface area contributed by atoms with Crippen molar-refractivity contribution in [2.75, 3.05) is 5.32 Å². The molecule has 2 heterocycles. The molecule has 1 atom stereocenters. The number of nitrogens with zero attached hydrogens (tertiary/aromatic N) is 2. The maximum absolute atomic E-state index is 10.9. The van der Waals surface area contributed by atoms with Crippen LogP contribution in [0.5, 0.6) is 5.75 Å². The van der Waals surface area contributed by atoms with Crippen LogP contribution in [-0.4, -0.2) is 15.1 Å². The van der Waals surface area contributed by atoms with E-state index in [1.165, 1.54) is 5.56 Å². The van der Waals surface area contributed by atoms with Crippen molar-refractivity contribution in [3.05, 3.63) is 95.4 Å². The third kappa shape index (κ3) is 3.47. The second kappa shape index (κ2) is 7.08. The van der Waals surface area contributed by atoms with Crippen molar-refractivity contribution >= 4 is 16.6 Å². The smallest absolute Gasteiger partial charge is 0.147 e. The zero-order chi connectivity index (χ0) is 18.8. The predicted molar refractivity (Wildman–Crippen MR) is 109 cm³/mol. The Morgan fingerprint density at radius 3 is 2.44 bits per heavy atom. The number of nitrogens with one attached hydrogen (secondary N) is 1. The molecular weight excluding hydrogens is 334 g/mol. The van der Waals surface area contributed by atoms with Gasteiger partial charge in [0.2, 0.25) is 0 Å². The molecular formula is C23H21N3O. The Morgan fingerprint density at radius 2 is 1.70 bits per heavy atom. The van der Waals surface area contributed by atoms with Gasteiger partial charge in [-0.05, 0) is 37.6 Å². The predicted octanol–water partition coefficient (Wildman–Crippen LogP) is 5.15. The summed E-state index contributed by atoms with van der Waals surface area (Å²) in [5.74, 6) is 0.200. The normalized spacial score (nSPS) is 12.1. The molecule has 2 aromatic carbocycles. The third-order valence-corrected chi connectivity index (χ3v) is 4.72. The Balaban J connectivity index is 1.83. The summed E-state index contributed by atoms with van der Waals surface area (Å²) in [4.78, 5) is 8.73. The molecule has 0 bridgehead atoms. The summed E-state index contributed by atoms with van der Waals surface area (Å²) in [6.45, 7) is 4.02. The van der Waals surface area contributed by atoms with Gasteiger partial charge in [0.1, 0.15) is 11.3 Å². The molecule has 0 saturated carbocycles. The lowest BCUT2D eigenvalue weighted by Crippen LogP contribution is -2.13. The standard InChI is InChI=1S/C23H21N3O/c1-15-5-8-18(9-6-15)21(26-19-11-7-16(2)25-14-19)20-12-10-17-4-3-13-24-22(17)23(20)27/h3-14,21,26-27H,1-2H3. The molecule has 4 rings (SSSR count). The van der Waals surface area contributed by atoms with E-state index in [0.29, 0.717) is 5.52 Å². The van der Waals surface area contributed by atoms with E-state index in [1.807, 2.05) is 49.5 Å². The molecule has 0 aliphatic rings. The maximum atomic E-state index is 10.9. The van der Waals surface area contributed by atoms with Crippen LogP contribution in [0, 0.1) is 13.8 Å². The molecule has 0 radical (unpaired) electrons. The number of phenolic OH excluding ortho intramolecular Hbond substituents is 1. The monoisotopic (exact) mass is 355 g/mol. The van der Waals surface area contributed by atoms with E-state index >= 15 is 0 Å². The molecule has 0 amide bonds. The van der Waals surface area contributed by atoms with Crippen molar-refractivity contribution < 1.29 is 5.11 Å². The van der Waals surface area contributed by atoms with Crippen molar-refractivity contribution in [3.8, 4) is 5.75 Å². The summed E-state index contributed by atoms with van der Waals surface area (Å²) < 4.78 is 0. The van der Waals surface area contributed by atoms with Crippen LogP contribution >= 0.6 is 0 Å². The first-order valence-corrected chi connectivity index (χ1v) is 8.94. The van der Waals surface area contributed by atoms with Gasteiger partial charge in [0.25, 0.3) is 0 Å². The van der Waals surface area contributed by atoms with Crippen molar-refractivity contribution in [3.63, 3.8) is 0 Å². The van der Waals surface area contributed by atoms with Crippen molar-refractivity contribution in [2.24, 2.45) is 0 Å². The fourth-order valence-corrected chi connectivity index (χ4v) is 3.20. The topological polar surface area (TPSA) is 58.0 Å². The molecule has 4 heteroatoms. The quantitative estimate of drug-likeness (QED) is 0.531. The first-order valence-electron chi connectivity index (χ1n) is 8.94. The van der Waals surface area contributed by atoms with Gasteiger partial charge in [0.05, 0.1) is 17.9 Å². The van der Waals surface area contributed by atoms with E-state index in [2.05, 4.69) is 46.5 Å². The lowest BCUT2D eigenvalue weighted by Gasteiger charge is -2.22. The first kappa shape index (κ1) is 17.0. The van der Waals surface area contributed by atoms with Gasteiger partial charge < -0.3 is 10.4 Å². The molecule has 4 aromatic rings. The molecule has 2 aromatic heterocycles. The van der Waals surface area contributed by atoms with Gasteiger partial charge in [0, 0.05) is 22.8 Å². The summed E-state index contributed by atoms with van der Waals surface area (Å²) in [6, 6.07) is 19.8. The number of phenols is 1. The minimum atomic E-state index is -0.221. The Hall–Kier alpha value is -3.40. The Labute approximate surface area is 158 Å². The summed E-state index contributed by atoms with van der Waals surface area (Å²) in [5.41, 5.74) is 5.50. The van der Waals surface area contributed by atoms with Gasteiger partial charge in [-0.15, -0.1) is 0 Å². The van der Waals surface area contributed by atoms with E-state index in [9.17, 15) is 5.11 Å². The number of aromatic hydroxyl groups is 1. The average Bonchev–Trinajstić information content (AvgIpc) is 2.69. The maximum Gasteiger partial charge on any atom is 0.147 e. The highest BCUT2D eigenvalue weighted by atomic mass is 16.3. The lowest BCUT2D eigenvalue weighted by molar-refractivity contribution is 0.472. The second-order valence-corrected chi connectivity index (χ2v) is 6.75. The van der Waals surface area contributed by atoms with E-state index in [-0.39, 0.29) is 11.8 Å². The van der Waals surface area contributed by atoms with E-state index < -0.39 is 0 Å². The highest BCUT2D eigenvalue weighted by Gasteiger charge is 2.20. The number of hydrogen-bond donors (Lipinski definition) is 2. The zero-order valence-electron chi connectivity index (χ0n) is 15.3. The van der Waals surface area contributed by atoms with Crippen LogP contribution < -0.4 is 5.32 Å². The summed E-state index contributed by atoms with van der Waals surface area (Å²) in [6.07, 6.45) is 3.51. The number of anilines is 1. The molecule has 0 aliphatic carbocycles. The second-order valence-electron chi connectivity index (χ2n) is 6.75. The minimum Gasteiger partial charge on any atom is -0.505 e. The first-order chi connectivity index (χ1) is 13.1. The van der Waals surface area contributed by atoms with Gasteiger partial charge >= 0.3 is 0 Å². The van der Waals surface area contributed by atoms with Gasteiger partial charge in [-0.1, -0.05) is 48.0 Å². The van der Waals surface area contributed by atoms with Crippen LogP contribution in [0.3, 0.4) is 0 Å². The summed E-state index contributed by atoms with van der Waals surface area (Å²) in [5, 5.41) is 15.4. The number of pyridine rings is 2. The molecule has 4 nitrogen and oxygen atoms in total. The van der Waals surface area contributed by atoms with Crippen LogP contribution in [0.25, 0.3) is 10.9 Å². The third-order valence-electron chi connectivity index (χ3n) is 4.72. The SMILES string of the molecule is Cc1ccc(C(Nc2ccc(C)nc2)c2ccc3cccnc3c2O)cc1. The van der Waals surface area contributed by atoms with Crippen molar-refractivity contribution in [2.45, 2.75) is 19.9 Å².